The number of piperidine rings is 1. The van der Waals surface area contributed by atoms with E-state index in [0.29, 0.717) is 17.6 Å². The Hall–Kier alpha value is -1.85. The van der Waals surface area contributed by atoms with Crippen molar-refractivity contribution in [3.63, 3.8) is 0 Å². The molecular weight excluding hydrogens is 362 g/mol. The molecule has 1 fully saturated rings. The zero-order valence-electron chi connectivity index (χ0n) is 15.7. The standard InChI is InChI=1S/C21H26ClN3O2/c1-2-27-18-12-14(6-7-17(18)26)13-21(8-10-23-11-9-21)19-15-4-3-5-16(15)24-20(22)25-19/h6-7,12,23,26H,2-5,8-11,13H2,1H3. The number of aromatic nitrogens is 2. The van der Waals surface area contributed by atoms with Gasteiger partial charge in [0.2, 0.25) is 5.28 Å². The average molecular weight is 388 g/mol. The van der Waals surface area contributed by atoms with Gasteiger partial charge >= 0.3 is 0 Å². The van der Waals surface area contributed by atoms with E-state index in [0.717, 1.165) is 68.6 Å². The number of nitrogens with one attached hydrogen (secondary N) is 1. The van der Waals surface area contributed by atoms with Crippen molar-refractivity contribution in [2.24, 2.45) is 0 Å². The number of halogens is 1. The molecule has 1 saturated heterocycles. The fourth-order valence-electron chi connectivity index (χ4n) is 4.57. The van der Waals surface area contributed by atoms with Gasteiger partial charge in [-0.25, -0.2) is 9.97 Å². The number of phenolic OH excluding ortho intramolecular Hbond substituents is 1. The molecule has 1 aromatic carbocycles. The fraction of sp³-hybridized carbons (Fsp3) is 0.524. The molecule has 1 aromatic heterocycles. The normalized spacial score (nSPS) is 18.3. The highest BCUT2D eigenvalue weighted by Gasteiger charge is 2.39. The van der Waals surface area contributed by atoms with Gasteiger partial charge in [-0.2, -0.15) is 0 Å². The molecule has 0 unspecified atom stereocenters. The lowest BCUT2D eigenvalue weighted by molar-refractivity contribution is 0.293. The number of phenols is 1. The lowest BCUT2D eigenvalue weighted by atomic mass is 9.70. The van der Waals surface area contributed by atoms with Crippen LogP contribution in [0.25, 0.3) is 0 Å². The summed E-state index contributed by atoms with van der Waals surface area (Å²) in [7, 11) is 0. The van der Waals surface area contributed by atoms with Crippen LogP contribution in [0.4, 0.5) is 0 Å². The highest BCUT2D eigenvalue weighted by molar-refractivity contribution is 6.28. The van der Waals surface area contributed by atoms with Gasteiger partial charge in [-0.15, -0.1) is 0 Å². The predicted octanol–water partition coefficient (Wildman–Crippen LogP) is 3.59. The van der Waals surface area contributed by atoms with Gasteiger partial charge in [-0.05, 0) is 93.4 Å². The molecule has 0 amide bonds. The van der Waals surface area contributed by atoms with Gasteiger partial charge in [0.05, 0.1) is 12.3 Å². The molecule has 144 valence electrons. The summed E-state index contributed by atoms with van der Waals surface area (Å²) in [5, 5.41) is 13.9. The number of rotatable bonds is 5. The molecule has 2 heterocycles. The predicted molar refractivity (Wildman–Crippen MR) is 106 cm³/mol. The number of aromatic hydroxyl groups is 1. The Labute approximate surface area is 165 Å². The minimum atomic E-state index is -0.0628. The SMILES string of the molecule is CCOc1cc(CC2(c3nc(Cl)nc4c3CCC4)CCNCC2)ccc1O. The quantitative estimate of drug-likeness (QED) is 0.767. The monoisotopic (exact) mass is 387 g/mol. The minimum absolute atomic E-state index is 0.0628. The van der Waals surface area contributed by atoms with Crippen LogP contribution in [0.1, 0.15) is 48.7 Å². The zero-order chi connectivity index (χ0) is 18.9. The van der Waals surface area contributed by atoms with E-state index in [2.05, 4.69) is 10.3 Å². The first-order valence-electron chi connectivity index (χ1n) is 9.82. The third-order valence-electron chi connectivity index (χ3n) is 5.84. The van der Waals surface area contributed by atoms with E-state index in [9.17, 15) is 5.11 Å². The Kier molecular flexibility index (Phi) is 5.24. The maximum Gasteiger partial charge on any atom is 0.222 e. The van der Waals surface area contributed by atoms with Crippen LogP contribution < -0.4 is 10.1 Å². The first kappa shape index (κ1) is 18.5. The molecule has 0 saturated carbocycles. The molecule has 4 rings (SSSR count). The lowest BCUT2D eigenvalue weighted by Crippen LogP contribution is -2.42. The molecule has 27 heavy (non-hydrogen) atoms. The van der Waals surface area contributed by atoms with Crippen molar-refractivity contribution < 1.29 is 9.84 Å². The van der Waals surface area contributed by atoms with Crippen LogP contribution in [-0.4, -0.2) is 34.8 Å². The zero-order valence-corrected chi connectivity index (χ0v) is 16.5. The molecule has 0 radical (unpaired) electrons. The van der Waals surface area contributed by atoms with Gasteiger partial charge in [0.15, 0.2) is 11.5 Å². The number of benzene rings is 1. The molecule has 5 nitrogen and oxygen atoms in total. The van der Waals surface area contributed by atoms with Crippen LogP contribution in [0.3, 0.4) is 0 Å². The van der Waals surface area contributed by atoms with Crippen molar-refractivity contribution in [2.75, 3.05) is 19.7 Å². The number of fused-ring (bicyclic) bond motifs is 1. The van der Waals surface area contributed by atoms with Crippen molar-refractivity contribution in [1.82, 2.24) is 15.3 Å². The number of ether oxygens (including phenoxy) is 1. The van der Waals surface area contributed by atoms with Crippen LogP contribution in [0.5, 0.6) is 11.5 Å². The highest BCUT2D eigenvalue weighted by Crippen LogP contribution is 2.41. The molecule has 2 N–H and O–H groups in total. The second-order valence-corrected chi connectivity index (χ2v) is 7.90. The fourth-order valence-corrected chi connectivity index (χ4v) is 4.76. The third-order valence-corrected chi connectivity index (χ3v) is 6.00. The van der Waals surface area contributed by atoms with Gasteiger partial charge in [0.1, 0.15) is 0 Å². The molecule has 0 bridgehead atoms. The topological polar surface area (TPSA) is 67.3 Å². The molecule has 2 aromatic rings. The summed E-state index contributed by atoms with van der Waals surface area (Å²) in [6.07, 6.45) is 6.03. The van der Waals surface area contributed by atoms with Crippen LogP contribution in [-0.2, 0) is 24.7 Å². The summed E-state index contributed by atoms with van der Waals surface area (Å²) < 4.78 is 5.59. The van der Waals surface area contributed by atoms with Crippen molar-refractivity contribution >= 4 is 11.6 Å². The van der Waals surface area contributed by atoms with Crippen molar-refractivity contribution in [3.8, 4) is 11.5 Å². The highest BCUT2D eigenvalue weighted by atomic mass is 35.5. The molecule has 6 heteroatoms. The van der Waals surface area contributed by atoms with Crippen LogP contribution >= 0.6 is 11.6 Å². The van der Waals surface area contributed by atoms with E-state index >= 15 is 0 Å². The average Bonchev–Trinajstić information content (AvgIpc) is 3.13. The van der Waals surface area contributed by atoms with E-state index in [1.807, 2.05) is 19.1 Å². The lowest BCUT2D eigenvalue weighted by Gasteiger charge is -2.38. The van der Waals surface area contributed by atoms with E-state index in [1.54, 1.807) is 6.07 Å². The van der Waals surface area contributed by atoms with Crippen LogP contribution in [0.2, 0.25) is 5.28 Å². The Balaban J connectivity index is 1.75. The molecule has 1 aliphatic heterocycles. The first-order chi connectivity index (χ1) is 13.1. The number of nitrogens with zero attached hydrogens (tertiary/aromatic N) is 2. The van der Waals surface area contributed by atoms with Crippen molar-refractivity contribution in [1.29, 1.82) is 0 Å². The van der Waals surface area contributed by atoms with Crippen LogP contribution in [0, 0.1) is 0 Å². The Bertz CT molecular complexity index is 834. The summed E-state index contributed by atoms with van der Waals surface area (Å²) in [6.45, 7) is 4.38. The van der Waals surface area contributed by atoms with Crippen molar-refractivity contribution in [3.05, 3.63) is 46.0 Å². The largest absolute Gasteiger partial charge is 0.504 e. The van der Waals surface area contributed by atoms with E-state index in [1.165, 1.54) is 5.56 Å². The van der Waals surface area contributed by atoms with Gasteiger partial charge in [0.25, 0.3) is 0 Å². The molecule has 2 aliphatic rings. The Morgan fingerprint density at radius 2 is 2.04 bits per heavy atom. The summed E-state index contributed by atoms with van der Waals surface area (Å²) in [6, 6.07) is 5.68. The minimum Gasteiger partial charge on any atom is -0.504 e. The molecule has 0 atom stereocenters. The Morgan fingerprint density at radius 1 is 1.22 bits per heavy atom. The summed E-state index contributed by atoms with van der Waals surface area (Å²) in [4.78, 5) is 9.24. The van der Waals surface area contributed by atoms with E-state index in [-0.39, 0.29) is 11.2 Å². The maximum absolute atomic E-state index is 10.0. The number of hydrogen-bond acceptors (Lipinski definition) is 5. The molecule has 0 spiro atoms. The number of aryl methyl sites for hydroxylation is 1. The van der Waals surface area contributed by atoms with Gasteiger partial charge in [-0.1, -0.05) is 6.07 Å². The molecule has 1 aliphatic carbocycles. The Morgan fingerprint density at radius 3 is 2.81 bits per heavy atom. The third kappa shape index (κ3) is 3.63. The van der Waals surface area contributed by atoms with E-state index < -0.39 is 0 Å². The van der Waals surface area contributed by atoms with Gasteiger partial charge in [0, 0.05) is 11.1 Å². The van der Waals surface area contributed by atoms with E-state index in [4.69, 9.17) is 21.3 Å². The molecular formula is C21H26ClN3O2. The summed E-state index contributed by atoms with van der Waals surface area (Å²) in [5.41, 5.74) is 4.67. The summed E-state index contributed by atoms with van der Waals surface area (Å²) >= 11 is 6.31. The maximum atomic E-state index is 10.0. The number of hydrogen-bond donors (Lipinski definition) is 2. The smallest absolute Gasteiger partial charge is 0.222 e. The summed E-state index contributed by atoms with van der Waals surface area (Å²) in [5.74, 6) is 0.732. The first-order valence-corrected chi connectivity index (χ1v) is 10.2. The van der Waals surface area contributed by atoms with Gasteiger partial charge < -0.3 is 15.2 Å². The second kappa shape index (κ2) is 7.64. The van der Waals surface area contributed by atoms with Gasteiger partial charge in [-0.3, -0.25) is 0 Å². The second-order valence-electron chi connectivity index (χ2n) is 7.56. The van der Waals surface area contributed by atoms with Crippen LogP contribution in [0.15, 0.2) is 18.2 Å². The van der Waals surface area contributed by atoms with Crippen molar-refractivity contribution in [2.45, 2.75) is 50.9 Å².